The Hall–Kier alpha value is -1.30. The quantitative estimate of drug-likeness (QED) is 0.733. The van der Waals surface area contributed by atoms with Gasteiger partial charge in [-0.3, -0.25) is 0 Å². The van der Waals surface area contributed by atoms with Gasteiger partial charge in [-0.25, -0.2) is 0 Å². The summed E-state index contributed by atoms with van der Waals surface area (Å²) in [6, 6.07) is 9.56. The summed E-state index contributed by atoms with van der Waals surface area (Å²) in [5.74, 6) is 2.54. The Morgan fingerprint density at radius 2 is 2.07 bits per heavy atom. The second-order valence-electron chi connectivity index (χ2n) is 3.14. The van der Waals surface area contributed by atoms with E-state index in [9.17, 15) is 0 Å². The first-order valence-electron chi connectivity index (χ1n) is 4.54. The van der Waals surface area contributed by atoms with E-state index in [4.69, 9.17) is 16.3 Å². The van der Waals surface area contributed by atoms with Gasteiger partial charge in [0, 0.05) is 0 Å². The maximum absolute atomic E-state index is 9.05. The summed E-state index contributed by atoms with van der Waals surface area (Å²) in [4.78, 5) is 0. The number of benzene rings is 1. The minimum atomic E-state index is -0.491. The fourth-order valence-corrected chi connectivity index (χ4v) is 1.10. The minimum Gasteiger partial charge on any atom is -0.391 e. The Morgan fingerprint density at radius 3 is 2.57 bits per heavy atom. The highest BCUT2D eigenvalue weighted by Crippen LogP contribution is 2.15. The molecule has 0 aliphatic carbocycles. The third kappa shape index (κ3) is 3.21. The Morgan fingerprint density at radius 1 is 1.43 bits per heavy atom. The molecule has 1 rings (SSSR count). The highest BCUT2D eigenvalue weighted by Gasteiger charge is 2.08. The highest BCUT2D eigenvalue weighted by molar-refractivity contribution is 5.23. The molecule has 0 aromatic heterocycles. The number of aliphatic hydroxyl groups excluding tert-OH is 1. The SMILES string of the molecule is C#CC(OCC(C)O)c1ccccc1. The molecule has 0 saturated carbocycles. The summed E-state index contributed by atoms with van der Waals surface area (Å²) in [6.45, 7) is 1.92. The third-order valence-corrected chi connectivity index (χ3v) is 1.76. The highest BCUT2D eigenvalue weighted by atomic mass is 16.5. The predicted molar refractivity (Wildman–Crippen MR) is 55.6 cm³/mol. The average Bonchev–Trinajstić information content (AvgIpc) is 2.20. The van der Waals surface area contributed by atoms with Crippen LogP contribution in [0.25, 0.3) is 0 Å². The van der Waals surface area contributed by atoms with E-state index in [0.717, 1.165) is 5.56 Å². The minimum absolute atomic E-state index is 0.254. The van der Waals surface area contributed by atoms with Crippen molar-refractivity contribution in [2.45, 2.75) is 19.1 Å². The predicted octanol–water partition coefficient (Wildman–Crippen LogP) is 1.76. The van der Waals surface area contributed by atoms with Crippen LogP contribution in [-0.4, -0.2) is 17.8 Å². The molecule has 0 amide bonds. The van der Waals surface area contributed by atoms with Crippen molar-refractivity contribution >= 4 is 0 Å². The average molecular weight is 190 g/mol. The number of hydrogen-bond donors (Lipinski definition) is 1. The van der Waals surface area contributed by atoms with Gasteiger partial charge >= 0.3 is 0 Å². The monoisotopic (exact) mass is 190 g/mol. The lowest BCUT2D eigenvalue weighted by atomic mass is 10.1. The molecule has 0 saturated heterocycles. The van der Waals surface area contributed by atoms with Gasteiger partial charge in [-0.15, -0.1) is 6.42 Å². The van der Waals surface area contributed by atoms with Gasteiger partial charge in [-0.05, 0) is 12.5 Å². The molecule has 0 spiro atoms. The van der Waals surface area contributed by atoms with Gasteiger partial charge in [0.05, 0.1) is 12.7 Å². The van der Waals surface area contributed by atoms with Crippen LogP contribution >= 0.6 is 0 Å². The first-order chi connectivity index (χ1) is 6.74. The lowest BCUT2D eigenvalue weighted by Crippen LogP contribution is -2.13. The van der Waals surface area contributed by atoms with E-state index >= 15 is 0 Å². The first kappa shape index (κ1) is 10.8. The molecule has 1 aromatic rings. The molecular weight excluding hydrogens is 176 g/mol. The van der Waals surface area contributed by atoms with Crippen molar-refractivity contribution in [3.05, 3.63) is 35.9 Å². The molecule has 0 aliphatic rings. The van der Waals surface area contributed by atoms with Crippen LogP contribution in [0.1, 0.15) is 18.6 Å². The summed E-state index contributed by atoms with van der Waals surface area (Å²) in [5, 5.41) is 9.05. The number of ether oxygens (including phenoxy) is 1. The summed E-state index contributed by atoms with van der Waals surface area (Å²) < 4.78 is 5.35. The molecule has 74 valence electrons. The number of hydrogen-bond acceptors (Lipinski definition) is 2. The summed E-state index contributed by atoms with van der Waals surface area (Å²) in [6.07, 6.45) is 4.47. The molecule has 2 unspecified atom stereocenters. The molecule has 0 aliphatic heterocycles. The molecule has 0 heterocycles. The normalized spacial score (nSPS) is 14.4. The number of aliphatic hydroxyl groups is 1. The summed E-state index contributed by atoms with van der Waals surface area (Å²) >= 11 is 0. The molecule has 0 bridgehead atoms. The maximum atomic E-state index is 9.05. The second kappa shape index (κ2) is 5.43. The van der Waals surface area contributed by atoms with Crippen molar-refractivity contribution in [1.29, 1.82) is 0 Å². The lowest BCUT2D eigenvalue weighted by Gasteiger charge is -2.13. The number of rotatable bonds is 4. The molecular formula is C12H14O2. The van der Waals surface area contributed by atoms with E-state index < -0.39 is 6.10 Å². The molecule has 2 heteroatoms. The van der Waals surface area contributed by atoms with Crippen LogP contribution in [0.2, 0.25) is 0 Å². The Labute approximate surface area is 84.5 Å². The fourth-order valence-electron chi connectivity index (χ4n) is 1.10. The number of terminal acetylenes is 1. The zero-order valence-electron chi connectivity index (χ0n) is 8.18. The summed E-state index contributed by atoms with van der Waals surface area (Å²) in [5.41, 5.74) is 0.940. The molecule has 0 radical (unpaired) electrons. The van der Waals surface area contributed by atoms with Crippen LogP contribution in [0.5, 0.6) is 0 Å². The zero-order valence-corrected chi connectivity index (χ0v) is 8.18. The largest absolute Gasteiger partial charge is 0.391 e. The van der Waals surface area contributed by atoms with Crippen LogP contribution in [-0.2, 0) is 4.74 Å². The van der Waals surface area contributed by atoms with Crippen LogP contribution in [0.3, 0.4) is 0 Å². The molecule has 2 nitrogen and oxygen atoms in total. The van der Waals surface area contributed by atoms with Gasteiger partial charge in [0.1, 0.15) is 6.10 Å². The molecule has 14 heavy (non-hydrogen) atoms. The molecule has 1 aromatic carbocycles. The van der Waals surface area contributed by atoms with Crippen molar-refractivity contribution < 1.29 is 9.84 Å². The second-order valence-corrected chi connectivity index (χ2v) is 3.14. The summed E-state index contributed by atoms with van der Waals surface area (Å²) in [7, 11) is 0. The van der Waals surface area contributed by atoms with E-state index in [-0.39, 0.29) is 12.7 Å². The maximum Gasteiger partial charge on any atom is 0.143 e. The van der Waals surface area contributed by atoms with Crippen molar-refractivity contribution in [2.75, 3.05) is 6.61 Å². The van der Waals surface area contributed by atoms with Crippen LogP contribution in [0.15, 0.2) is 30.3 Å². The van der Waals surface area contributed by atoms with E-state index in [2.05, 4.69) is 5.92 Å². The standard InChI is InChI=1S/C12H14O2/c1-3-12(14-9-10(2)13)11-7-5-4-6-8-11/h1,4-8,10,12-13H,9H2,2H3. The topological polar surface area (TPSA) is 29.5 Å². The van der Waals surface area contributed by atoms with Gasteiger partial charge in [0.2, 0.25) is 0 Å². The van der Waals surface area contributed by atoms with E-state index in [0.29, 0.717) is 0 Å². The first-order valence-corrected chi connectivity index (χ1v) is 4.54. The Kier molecular flexibility index (Phi) is 4.18. The Balaban J connectivity index is 2.60. The smallest absolute Gasteiger partial charge is 0.143 e. The fraction of sp³-hybridized carbons (Fsp3) is 0.333. The van der Waals surface area contributed by atoms with Crippen LogP contribution < -0.4 is 0 Å². The van der Waals surface area contributed by atoms with Crippen molar-refractivity contribution in [1.82, 2.24) is 0 Å². The lowest BCUT2D eigenvalue weighted by molar-refractivity contribution is 0.0207. The van der Waals surface area contributed by atoms with Gasteiger partial charge in [-0.1, -0.05) is 36.3 Å². The molecule has 1 N–H and O–H groups in total. The van der Waals surface area contributed by atoms with Gasteiger partial charge in [-0.2, -0.15) is 0 Å². The van der Waals surface area contributed by atoms with E-state index in [1.54, 1.807) is 6.92 Å². The van der Waals surface area contributed by atoms with Crippen molar-refractivity contribution in [3.8, 4) is 12.3 Å². The van der Waals surface area contributed by atoms with Gasteiger partial charge < -0.3 is 9.84 Å². The Bertz CT molecular complexity index is 298. The van der Waals surface area contributed by atoms with Crippen LogP contribution in [0.4, 0.5) is 0 Å². The van der Waals surface area contributed by atoms with Gasteiger partial charge in [0.15, 0.2) is 0 Å². The molecule has 0 fully saturated rings. The van der Waals surface area contributed by atoms with Crippen molar-refractivity contribution in [2.24, 2.45) is 0 Å². The van der Waals surface area contributed by atoms with E-state index in [1.807, 2.05) is 30.3 Å². The third-order valence-electron chi connectivity index (χ3n) is 1.76. The zero-order chi connectivity index (χ0) is 10.4. The molecule has 2 atom stereocenters. The van der Waals surface area contributed by atoms with Crippen LogP contribution in [0, 0.1) is 12.3 Å². The van der Waals surface area contributed by atoms with E-state index in [1.165, 1.54) is 0 Å². The van der Waals surface area contributed by atoms with Gasteiger partial charge in [0.25, 0.3) is 0 Å². The van der Waals surface area contributed by atoms with Crippen molar-refractivity contribution in [3.63, 3.8) is 0 Å².